The highest BCUT2D eigenvalue weighted by atomic mass is 16.6. The third-order valence-electron chi connectivity index (χ3n) is 4.01. The van der Waals surface area contributed by atoms with Crippen LogP contribution in [-0.4, -0.2) is 23.5 Å². The molecule has 0 saturated heterocycles. The molecule has 0 aliphatic heterocycles. The van der Waals surface area contributed by atoms with Gasteiger partial charge >= 0.3 is 0 Å². The summed E-state index contributed by atoms with van der Waals surface area (Å²) < 4.78 is 4.94. The molecule has 0 spiro atoms. The fraction of sp³-hybridized carbons (Fsp3) is 0.0435. The van der Waals surface area contributed by atoms with Gasteiger partial charge in [-0.2, -0.15) is 0 Å². The molecule has 1 N–H and O–H groups in total. The van der Waals surface area contributed by atoms with Crippen LogP contribution >= 0.6 is 0 Å². The molecule has 4 heteroatoms. The lowest BCUT2D eigenvalue weighted by molar-refractivity contribution is 0.0984. The summed E-state index contributed by atoms with van der Waals surface area (Å²) >= 11 is 0. The summed E-state index contributed by atoms with van der Waals surface area (Å²) in [5, 5.41) is 8.73. The number of aliphatic hydroxyl groups excluding tert-OH is 1. The molecular weight excluding hydrogens is 340 g/mol. The number of ketones is 2. The second-order valence-electron chi connectivity index (χ2n) is 5.81. The first-order valence-corrected chi connectivity index (χ1v) is 8.43. The molecule has 3 rings (SSSR count). The summed E-state index contributed by atoms with van der Waals surface area (Å²) in [5.41, 5.74) is 2.47. The Morgan fingerprint density at radius 2 is 1.33 bits per heavy atom. The molecule has 0 radical (unpaired) electrons. The number of carbonyl (C=O) groups excluding carboxylic acids is 2. The van der Waals surface area contributed by atoms with Gasteiger partial charge in [0.05, 0.1) is 0 Å². The Labute approximate surface area is 157 Å². The number of ether oxygens (including phenoxy) is 1. The lowest BCUT2D eigenvalue weighted by Gasteiger charge is -2.05. The zero-order valence-electron chi connectivity index (χ0n) is 14.5. The van der Waals surface area contributed by atoms with Gasteiger partial charge in [-0.05, 0) is 35.9 Å². The molecule has 0 saturated carbocycles. The van der Waals surface area contributed by atoms with Crippen molar-refractivity contribution in [2.75, 3.05) is 6.79 Å². The Hall–Kier alpha value is -3.50. The fourth-order valence-corrected chi connectivity index (χ4v) is 2.56. The number of allylic oxidation sites excluding steroid dienone is 1. The first-order valence-electron chi connectivity index (χ1n) is 8.43. The third-order valence-corrected chi connectivity index (χ3v) is 4.01. The molecule has 3 aromatic rings. The third kappa shape index (κ3) is 4.77. The van der Waals surface area contributed by atoms with E-state index in [1.807, 2.05) is 30.3 Å². The van der Waals surface area contributed by atoms with Crippen molar-refractivity contribution in [3.05, 3.63) is 107 Å². The fourth-order valence-electron chi connectivity index (χ4n) is 2.56. The summed E-state index contributed by atoms with van der Waals surface area (Å²) in [4.78, 5) is 24.8. The van der Waals surface area contributed by atoms with Crippen LogP contribution in [0.4, 0.5) is 0 Å². The maximum absolute atomic E-state index is 12.5. The van der Waals surface area contributed by atoms with Gasteiger partial charge in [0, 0.05) is 16.7 Å². The standard InChI is InChI=1S/C23H18O4/c24-16-27-21-13-11-20(12-14-21)23(26)19-9-7-18(8-10-19)22(25)15-6-17-4-2-1-3-5-17/h1-15,24H,16H2. The highest BCUT2D eigenvalue weighted by Crippen LogP contribution is 2.16. The molecule has 0 aliphatic rings. The minimum atomic E-state index is -0.415. The second-order valence-corrected chi connectivity index (χ2v) is 5.81. The molecule has 0 unspecified atom stereocenters. The number of carbonyl (C=O) groups is 2. The SMILES string of the molecule is O=C(C=Cc1ccccc1)c1ccc(C(=O)c2ccc(OCO)cc2)cc1. The van der Waals surface area contributed by atoms with Gasteiger partial charge in [0.2, 0.25) is 0 Å². The number of rotatable bonds is 7. The molecule has 4 nitrogen and oxygen atoms in total. The normalized spacial score (nSPS) is 10.7. The second kappa shape index (κ2) is 8.74. The number of aliphatic hydroxyl groups is 1. The van der Waals surface area contributed by atoms with Crippen molar-refractivity contribution < 1.29 is 19.4 Å². The van der Waals surface area contributed by atoms with Crippen molar-refractivity contribution in [2.45, 2.75) is 0 Å². The van der Waals surface area contributed by atoms with E-state index in [1.165, 1.54) is 6.08 Å². The summed E-state index contributed by atoms with van der Waals surface area (Å²) in [6, 6.07) is 22.7. The maximum Gasteiger partial charge on any atom is 0.193 e. The number of benzene rings is 3. The lowest BCUT2D eigenvalue weighted by atomic mass is 10.0. The van der Waals surface area contributed by atoms with Crippen molar-refractivity contribution in [3.63, 3.8) is 0 Å². The summed E-state index contributed by atoms with van der Waals surface area (Å²) in [6.07, 6.45) is 3.28. The van der Waals surface area contributed by atoms with Crippen molar-refractivity contribution in [3.8, 4) is 5.75 Å². The van der Waals surface area contributed by atoms with Crippen LogP contribution in [0.25, 0.3) is 6.08 Å². The molecule has 0 aliphatic carbocycles. The number of hydrogen-bond acceptors (Lipinski definition) is 4. The van der Waals surface area contributed by atoms with E-state index in [-0.39, 0.29) is 11.6 Å². The van der Waals surface area contributed by atoms with Gasteiger partial charge in [0.15, 0.2) is 18.4 Å². The van der Waals surface area contributed by atoms with Gasteiger partial charge < -0.3 is 9.84 Å². The van der Waals surface area contributed by atoms with Crippen molar-refractivity contribution >= 4 is 17.6 Å². The molecule has 0 aromatic heterocycles. The van der Waals surface area contributed by atoms with E-state index < -0.39 is 6.79 Å². The molecule has 27 heavy (non-hydrogen) atoms. The van der Waals surface area contributed by atoms with Crippen LogP contribution in [0.1, 0.15) is 31.8 Å². The smallest absolute Gasteiger partial charge is 0.193 e. The molecule has 0 heterocycles. The van der Waals surface area contributed by atoms with Crippen LogP contribution < -0.4 is 4.74 Å². The van der Waals surface area contributed by atoms with Gasteiger partial charge in [0.25, 0.3) is 0 Å². The molecule has 0 bridgehead atoms. The Morgan fingerprint density at radius 1 is 0.778 bits per heavy atom. The molecule has 0 atom stereocenters. The highest BCUT2D eigenvalue weighted by Gasteiger charge is 2.10. The Balaban J connectivity index is 1.69. The predicted molar refractivity (Wildman–Crippen MR) is 104 cm³/mol. The average molecular weight is 358 g/mol. The van der Waals surface area contributed by atoms with Crippen LogP contribution in [-0.2, 0) is 0 Å². The first kappa shape index (κ1) is 18.3. The Bertz CT molecular complexity index is 940. The Kier molecular flexibility index (Phi) is 5.92. The van der Waals surface area contributed by atoms with E-state index in [1.54, 1.807) is 54.6 Å². The minimum Gasteiger partial charge on any atom is -0.468 e. The Morgan fingerprint density at radius 3 is 1.93 bits per heavy atom. The van der Waals surface area contributed by atoms with Gasteiger partial charge in [-0.3, -0.25) is 9.59 Å². The van der Waals surface area contributed by atoms with E-state index in [0.717, 1.165) is 5.56 Å². The van der Waals surface area contributed by atoms with Gasteiger partial charge in [-0.1, -0.05) is 60.7 Å². The van der Waals surface area contributed by atoms with Gasteiger partial charge in [-0.15, -0.1) is 0 Å². The largest absolute Gasteiger partial charge is 0.468 e. The first-order chi connectivity index (χ1) is 13.2. The van der Waals surface area contributed by atoms with E-state index >= 15 is 0 Å². The summed E-state index contributed by atoms with van der Waals surface area (Å²) in [6.45, 7) is -0.415. The summed E-state index contributed by atoms with van der Waals surface area (Å²) in [7, 11) is 0. The topological polar surface area (TPSA) is 63.6 Å². The van der Waals surface area contributed by atoms with Gasteiger partial charge in [-0.25, -0.2) is 0 Å². The molecule has 134 valence electrons. The van der Waals surface area contributed by atoms with Crippen LogP contribution in [0.3, 0.4) is 0 Å². The van der Waals surface area contributed by atoms with E-state index in [2.05, 4.69) is 0 Å². The van der Waals surface area contributed by atoms with Crippen molar-refractivity contribution in [1.29, 1.82) is 0 Å². The van der Waals surface area contributed by atoms with Crippen molar-refractivity contribution in [1.82, 2.24) is 0 Å². The van der Waals surface area contributed by atoms with Crippen LogP contribution in [0.15, 0.2) is 84.9 Å². The molecule has 0 fully saturated rings. The lowest BCUT2D eigenvalue weighted by Crippen LogP contribution is -2.03. The van der Waals surface area contributed by atoms with Crippen LogP contribution in [0, 0.1) is 0 Å². The van der Waals surface area contributed by atoms with Crippen LogP contribution in [0.2, 0.25) is 0 Å². The van der Waals surface area contributed by atoms with E-state index in [0.29, 0.717) is 22.4 Å². The quantitative estimate of drug-likeness (QED) is 0.392. The van der Waals surface area contributed by atoms with Gasteiger partial charge in [0.1, 0.15) is 5.75 Å². The van der Waals surface area contributed by atoms with Crippen LogP contribution in [0.5, 0.6) is 5.75 Å². The maximum atomic E-state index is 12.5. The average Bonchev–Trinajstić information content (AvgIpc) is 2.73. The van der Waals surface area contributed by atoms with Crippen molar-refractivity contribution in [2.24, 2.45) is 0 Å². The zero-order chi connectivity index (χ0) is 19.1. The zero-order valence-corrected chi connectivity index (χ0v) is 14.5. The minimum absolute atomic E-state index is 0.122. The summed E-state index contributed by atoms with van der Waals surface area (Å²) in [5.74, 6) is 0.216. The molecular formula is C23H18O4. The monoisotopic (exact) mass is 358 g/mol. The van der Waals surface area contributed by atoms with E-state index in [9.17, 15) is 9.59 Å². The predicted octanol–water partition coefficient (Wildman–Crippen LogP) is 4.14. The molecule has 0 amide bonds. The number of hydrogen-bond donors (Lipinski definition) is 1. The molecule has 3 aromatic carbocycles. The van der Waals surface area contributed by atoms with E-state index in [4.69, 9.17) is 9.84 Å². The highest BCUT2D eigenvalue weighted by molar-refractivity contribution is 6.10.